The predicted molar refractivity (Wildman–Crippen MR) is 110 cm³/mol. The number of nitrogens with one attached hydrogen (secondary N) is 1. The van der Waals surface area contributed by atoms with Gasteiger partial charge < -0.3 is 10.1 Å². The zero-order chi connectivity index (χ0) is 18.0. The summed E-state index contributed by atoms with van der Waals surface area (Å²) in [6, 6.07) is 4.85. The molecule has 1 saturated carbocycles. The fourth-order valence-corrected chi connectivity index (χ4v) is 4.88. The number of thiazole rings is 1. The quantitative estimate of drug-likeness (QED) is 0.705. The first-order chi connectivity index (χ1) is 12.7. The van der Waals surface area contributed by atoms with Crippen molar-refractivity contribution in [2.24, 2.45) is 5.41 Å². The first-order valence-corrected chi connectivity index (χ1v) is 10.3. The molecule has 4 rings (SSSR count). The summed E-state index contributed by atoms with van der Waals surface area (Å²) in [4.78, 5) is 6.95. The molecule has 1 spiro atoms. The molecule has 0 radical (unpaired) electrons. The number of ether oxygens (including phenoxy) is 1. The zero-order valence-electron chi connectivity index (χ0n) is 15.0. The molecule has 4 nitrogen and oxygen atoms in total. The molecule has 2 heterocycles. The third kappa shape index (κ3) is 4.93. The molecule has 0 amide bonds. The van der Waals surface area contributed by atoms with Crippen LogP contribution in [0.2, 0.25) is 5.02 Å². The Balaban J connectivity index is 0.00000210. The molecule has 1 saturated heterocycles. The van der Waals surface area contributed by atoms with Gasteiger partial charge in [0.1, 0.15) is 23.2 Å². The molecular weight excluding hydrogens is 408 g/mol. The lowest BCUT2D eigenvalue weighted by atomic mass is 9.93. The normalized spacial score (nSPS) is 20.5. The van der Waals surface area contributed by atoms with Crippen molar-refractivity contribution >= 4 is 35.3 Å². The maximum Gasteiger partial charge on any atom is 0.138 e. The topological polar surface area (TPSA) is 37.4 Å². The molecule has 1 aliphatic carbocycles. The Labute approximate surface area is 174 Å². The van der Waals surface area contributed by atoms with Gasteiger partial charge in [-0.1, -0.05) is 11.6 Å². The van der Waals surface area contributed by atoms with Crippen molar-refractivity contribution in [1.82, 2.24) is 15.2 Å². The molecule has 1 aromatic heterocycles. The Kier molecular flexibility index (Phi) is 6.98. The second-order valence-electron chi connectivity index (χ2n) is 7.15. The predicted octanol–water partition coefficient (Wildman–Crippen LogP) is 4.38. The minimum atomic E-state index is -0.349. The van der Waals surface area contributed by atoms with Crippen LogP contribution in [0.25, 0.3) is 0 Å². The number of piperidine rings is 1. The summed E-state index contributed by atoms with van der Waals surface area (Å²) in [7, 11) is 0. The molecule has 1 aromatic carbocycles. The highest BCUT2D eigenvalue weighted by atomic mass is 35.5. The first-order valence-electron chi connectivity index (χ1n) is 9.07. The van der Waals surface area contributed by atoms with Crippen molar-refractivity contribution in [1.29, 1.82) is 0 Å². The van der Waals surface area contributed by atoms with Gasteiger partial charge in [0.15, 0.2) is 0 Å². The Bertz CT molecular complexity index is 741. The van der Waals surface area contributed by atoms with Crippen molar-refractivity contribution in [3.8, 4) is 5.75 Å². The van der Waals surface area contributed by atoms with E-state index in [1.165, 1.54) is 31.4 Å². The fourth-order valence-electron chi connectivity index (χ4n) is 4.02. The molecule has 1 N–H and O–H groups in total. The third-order valence-electron chi connectivity index (χ3n) is 5.54. The van der Waals surface area contributed by atoms with E-state index >= 15 is 0 Å². The molecule has 2 aromatic rings. The molecule has 2 aliphatic rings. The van der Waals surface area contributed by atoms with Crippen LogP contribution in [-0.4, -0.2) is 42.2 Å². The summed E-state index contributed by atoms with van der Waals surface area (Å²) >= 11 is 7.75. The van der Waals surface area contributed by atoms with Crippen LogP contribution in [0.3, 0.4) is 0 Å². The van der Waals surface area contributed by atoms with E-state index in [0.717, 1.165) is 31.2 Å². The second-order valence-corrected chi connectivity index (χ2v) is 8.54. The van der Waals surface area contributed by atoms with E-state index in [4.69, 9.17) is 16.3 Å². The standard InChI is InChI=1S/C19H23ClFN3OS.ClH/c20-15-11-14(21)1-2-16(15)25-9-8-24(13-18-23-7-10-26-18)17-12-19(17)3-5-22-6-4-19;/h1-2,7,10-11,17,22H,3-6,8-9,12-13H2;1H. The van der Waals surface area contributed by atoms with Gasteiger partial charge in [-0.15, -0.1) is 23.7 Å². The molecule has 2 fully saturated rings. The molecule has 1 aliphatic heterocycles. The van der Waals surface area contributed by atoms with Crippen LogP contribution in [0.1, 0.15) is 24.3 Å². The van der Waals surface area contributed by atoms with Crippen molar-refractivity contribution in [3.05, 3.63) is 45.6 Å². The van der Waals surface area contributed by atoms with Crippen LogP contribution in [0.15, 0.2) is 29.8 Å². The van der Waals surface area contributed by atoms with E-state index in [1.54, 1.807) is 17.4 Å². The van der Waals surface area contributed by atoms with Crippen LogP contribution in [0.4, 0.5) is 4.39 Å². The molecule has 1 atom stereocenters. The van der Waals surface area contributed by atoms with Crippen LogP contribution in [-0.2, 0) is 6.54 Å². The van der Waals surface area contributed by atoms with E-state index < -0.39 is 0 Å². The van der Waals surface area contributed by atoms with Crippen molar-refractivity contribution in [3.63, 3.8) is 0 Å². The van der Waals surface area contributed by atoms with Crippen LogP contribution in [0.5, 0.6) is 5.75 Å². The lowest BCUT2D eigenvalue weighted by molar-refractivity contribution is 0.162. The largest absolute Gasteiger partial charge is 0.491 e. The Morgan fingerprint density at radius 3 is 2.89 bits per heavy atom. The van der Waals surface area contributed by atoms with Crippen molar-refractivity contribution in [2.45, 2.75) is 31.8 Å². The van der Waals surface area contributed by atoms with E-state index in [2.05, 4.69) is 15.2 Å². The average Bonchev–Trinajstić information content (AvgIpc) is 3.06. The number of nitrogens with zero attached hydrogens (tertiary/aromatic N) is 2. The average molecular weight is 432 g/mol. The van der Waals surface area contributed by atoms with Gasteiger partial charge in [-0.25, -0.2) is 9.37 Å². The summed E-state index contributed by atoms with van der Waals surface area (Å²) in [5.74, 6) is 0.188. The van der Waals surface area contributed by atoms with E-state index in [0.29, 0.717) is 28.8 Å². The van der Waals surface area contributed by atoms with Crippen LogP contribution >= 0.6 is 35.3 Å². The molecule has 1 unspecified atom stereocenters. The Morgan fingerprint density at radius 2 is 2.19 bits per heavy atom. The maximum absolute atomic E-state index is 13.2. The van der Waals surface area contributed by atoms with Crippen molar-refractivity contribution < 1.29 is 9.13 Å². The summed E-state index contributed by atoms with van der Waals surface area (Å²) in [6.45, 7) is 4.43. The summed E-state index contributed by atoms with van der Waals surface area (Å²) < 4.78 is 19.0. The van der Waals surface area contributed by atoms with E-state index in [-0.39, 0.29) is 18.2 Å². The lowest BCUT2D eigenvalue weighted by Gasteiger charge is -2.29. The minimum absolute atomic E-state index is 0. The highest BCUT2D eigenvalue weighted by Crippen LogP contribution is 2.56. The maximum atomic E-state index is 13.2. The monoisotopic (exact) mass is 431 g/mol. The van der Waals surface area contributed by atoms with Gasteiger partial charge in [0.05, 0.1) is 11.6 Å². The van der Waals surface area contributed by atoms with Gasteiger partial charge in [0.2, 0.25) is 0 Å². The van der Waals surface area contributed by atoms with Gasteiger partial charge >= 0.3 is 0 Å². The Morgan fingerprint density at radius 1 is 1.37 bits per heavy atom. The van der Waals surface area contributed by atoms with Crippen molar-refractivity contribution in [2.75, 3.05) is 26.2 Å². The number of hydrogen-bond donors (Lipinski definition) is 1. The molecule has 148 valence electrons. The van der Waals surface area contributed by atoms with E-state index in [1.807, 2.05) is 11.6 Å². The smallest absolute Gasteiger partial charge is 0.138 e. The number of halogens is 3. The summed E-state index contributed by atoms with van der Waals surface area (Å²) in [5.41, 5.74) is 0.468. The molecule has 8 heteroatoms. The van der Waals surface area contributed by atoms with Gasteiger partial charge in [0.25, 0.3) is 0 Å². The lowest BCUT2D eigenvalue weighted by Crippen LogP contribution is -2.37. The number of aromatic nitrogens is 1. The summed E-state index contributed by atoms with van der Waals surface area (Å²) in [5, 5.41) is 6.94. The van der Waals surface area contributed by atoms with E-state index in [9.17, 15) is 4.39 Å². The molecule has 0 bridgehead atoms. The SMILES string of the molecule is Cl.Fc1ccc(OCCN(Cc2nccs2)C2CC23CCNCC3)c(Cl)c1. The third-order valence-corrected chi connectivity index (χ3v) is 6.60. The zero-order valence-corrected chi connectivity index (χ0v) is 17.4. The highest BCUT2D eigenvalue weighted by molar-refractivity contribution is 7.09. The van der Waals surface area contributed by atoms with Gasteiger partial charge in [-0.05, 0) is 56.0 Å². The van der Waals surface area contributed by atoms with Crippen LogP contribution < -0.4 is 10.1 Å². The second kappa shape index (κ2) is 9.05. The van der Waals surface area contributed by atoms with Crippen LogP contribution in [0, 0.1) is 11.2 Å². The Hall–Kier alpha value is -0.920. The summed E-state index contributed by atoms with van der Waals surface area (Å²) in [6.07, 6.45) is 5.62. The minimum Gasteiger partial charge on any atom is -0.491 e. The van der Waals surface area contributed by atoms with Gasteiger partial charge in [-0.3, -0.25) is 4.90 Å². The number of hydrogen-bond acceptors (Lipinski definition) is 5. The number of benzene rings is 1. The van der Waals surface area contributed by atoms with Gasteiger partial charge in [-0.2, -0.15) is 0 Å². The number of rotatable bonds is 7. The van der Waals surface area contributed by atoms with Gasteiger partial charge in [0, 0.05) is 24.2 Å². The highest BCUT2D eigenvalue weighted by Gasteiger charge is 2.56. The first kappa shape index (κ1) is 20.8. The molecule has 27 heavy (non-hydrogen) atoms. The molecular formula is C19H24Cl2FN3OS. The fraction of sp³-hybridized carbons (Fsp3) is 0.526.